The van der Waals surface area contributed by atoms with E-state index >= 15 is 0 Å². The predicted molar refractivity (Wildman–Crippen MR) is 52.8 cm³/mol. The highest BCUT2D eigenvalue weighted by molar-refractivity contribution is 5.83. The van der Waals surface area contributed by atoms with E-state index in [9.17, 15) is 18.0 Å². The molecular weight excluding hydrogens is 223 g/mol. The molecule has 0 aliphatic heterocycles. The standard InChI is InChI=1S/C10H10F3NO2/c1-14(2)8-5-3-4-7(6-15)9(8)16-10(11,12)13/h3-6H,1-2H3. The summed E-state index contributed by atoms with van der Waals surface area (Å²) in [5.74, 6) is -0.477. The number of para-hydroxylation sites is 1. The zero-order valence-corrected chi connectivity index (χ0v) is 8.71. The van der Waals surface area contributed by atoms with Crippen molar-refractivity contribution in [2.75, 3.05) is 19.0 Å². The van der Waals surface area contributed by atoms with E-state index in [-0.39, 0.29) is 11.3 Å². The van der Waals surface area contributed by atoms with Crippen molar-refractivity contribution in [3.63, 3.8) is 0 Å². The number of alkyl halides is 3. The van der Waals surface area contributed by atoms with Crippen LogP contribution in [0.1, 0.15) is 10.4 Å². The number of carbonyl (C=O) groups excluding carboxylic acids is 1. The zero-order chi connectivity index (χ0) is 12.3. The summed E-state index contributed by atoms with van der Waals surface area (Å²) in [5, 5.41) is 0. The molecule has 0 aliphatic rings. The van der Waals surface area contributed by atoms with Crippen molar-refractivity contribution in [1.29, 1.82) is 0 Å². The molecule has 1 rings (SSSR count). The minimum Gasteiger partial charge on any atom is -0.403 e. The van der Waals surface area contributed by atoms with Crippen molar-refractivity contribution >= 4 is 12.0 Å². The Morgan fingerprint density at radius 3 is 2.38 bits per heavy atom. The third-order valence-electron chi connectivity index (χ3n) is 1.85. The Labute approximate surface area is 90.4 Å². The van der Waals surface area contributed by atoms with Gasteiger partial charge in [-0.05, 0) is 12.1 Å². The van der Waals surface area contributed by atoms with Crippen LogP contribution in [0.3, 0.4) is 0 Å². The third kappa shape index (κ3) is 2.88. The molecule has 0 saturated carbocycles. The Kier molecular flexibility index (Phi) is 3.41. The van der Waals surface area contributed by atoms with Crippen LogP contribution in [0.25, 0.3) is 0 Å². The van der Waals surface area contributed by atoms with Gasteiger partial charge in [0.25, 0.3) is 0 Å². The summed E-state index contributed by atoms with van der Waals surface area (Å²) < 4.78 is 40.3. The van der Waals surface area contributed by atoms with Gasteiger partial charge in [-0.15, -0.1) is 13.2 Å². The summed E-state index contributed by atoms with van der Waals surface area (Å²) >= 11 is 0. The van der Waals surface area contributed by atoms with Gasteiger partial charge in [0.15, 0.2) is 12.0 Å². The average molecular weight is 233 g/mol. The molecule has 0 saturated heterocycles. The van der Waals surface area contributed by atoms with Gasteiger partial charge in [-0.25, -0.2) is 0 Å². The van der Waals surface area contributed by atoms with Gasteiger partial charge in [-0.3, -0.25) is 4.79 Å². The molecule has 0 amide bonds. The minimum absolute atomic E-state index is 0.136. The third-order valence-corrected chi connectivity index (χ3v) is 1.85. The van der Waals surface area contributed by atoms with Crippen LogP contribution in [0.15, 0.2) is 18.2 Å². The van der Waals surface area contributed by atoms with Crippen molar-refractivity contribution in [2.24, 2.45) is 0 Å². The molecule has 0 radical (unpaired) electrons. The lowest BCUT2D eigenvalue weighted by molar-refractivity contribution is -0.274. The Balaban J connectivity index is 3.25. The molecule has 0 aromatic heterocycles. The summed E-state index contributed by atoms with van der Waals surface area (Å²) in [4.78, 5) is 12.1. The molecule has 0 aliphatic carbocycles. The molecule has 16 heavy (non-hydrogen) atoms. The molecule has 1 aromatic carbocycles. The maximum atomic E-state index is 12.1. The van der Waals surface area contributed by atoms with Crippen LogP contribution in [0.5, 0.6) is 5.75 Å². The van der Waals surface area contributed by atoms with Crippen LogP contribution in [-0.4, -0.2) is 26.7 Å². The average Bonchev–Trinajstić information content (AvgIpc) is 2.15. The highest BCUT2D eigenvalue weighted by Crippen LogP contribution is 2.34. The summed E-state index contributed by atoms with van der Waals surface area (Å²) in [7, 11) is 3.13. The number of hydrogen-bond donors (Lipinski definition) is 0. The number of nitrogens with zero attached hydrogens (tertiary/aromatic N) is 1. The predicted octanol–water partition coefficient (Wildman–Crippen LogP) is 2.46. The fraction of sp³-hybridized carbons (Fsp3) is 0.300. The van der Waals surface area contributed by atoms with E-state index in [1.165, 1.54) is 23.1 Å². The van der Waals surface area contributed by atoms with E-state index in [4.69, 9.17) is 0 Å². The summed E-state index contributed by atoms with van der Waals surface area (Å²) in [6.45, 7) is 0. The molecule has 88 valence electrons. The number of rotatable bonds is 3. The lowest BCUT2D eigenvalue weighted by atomic mass is 10.2. The van der Waals surface area contributed by atoms with E-state index in [0.29, 0.717) is 6.29 Å². The van der Waals surface area contributed by atoms with Crippen LogP contribution < -0.4 is 9.64 Å². The van der Waals surface area contributed by atoms with Gasteiger partial charge in [-0.1, -0.05) is 6.07 Å². The first-order valence-electron chi connectivity index (χ1n) is 4.36. The maximum absolute atomic E-state index is 12.1. The van der Waals surface area contributed by atoms with E-state index in [2.05, 4.69) is 4.74 Å². The molecule has 0 N–H and O–H groups in total. The quantitative estimate of drug-likeness (QED) is 0.751. The molecule has 0 fully saturated rings. The second kappa shape index (κ2) is 4.42. The van der Waals surface area contributed by atoms with Gasteiger partial charge in [0.05, 0.1) is 11.3 Å². The van der Waals surface area contributed by atoms with E-state index in [1.54, 1.807) is 14.1 Å². The monoisotopic (exact) mass is 233 g/mol. The van der Waals surface area contributed by atoms with Gasteiger partial charge < -0.3 is 9.64 Å². The van der Waals surface area contributed by atoms with E-state index in [1.807, 2.05) is 0 Å². The number of benzene rings is 1. The van der Waals surface area contributed by atoms with Gasteiger partial charge in [0.2, 0.25) is 0 Å². The molecule has 6 heteroatoms. The smallest absolute Gasteiger partial charge is 0.403 e. The summed E-state index contributed by atoms with van der Waals surface area (Å²) in [6, 6.07) is 4.19. The van der Waals surface area contributed by atoms with Crippen molar-refractivity contribution < 1.29 is 22.7 Å². The highest BCUT2D eigenvalue weighted by Gasteiger charge is 2.33. The first kappa shape index (κ1) is 12.4. The Morgan fingerprint density at radius 1 is 1.31 bits per heavy atom. The van der Waals surface area contributed by atoms with Crippen LogP contribution in [0.4, 0.5) is 18.9 Å². The SMILES string of the molecule is CN(C)c1cccc(C=O)c1OC(F)(F)F. The molecule has 0 spiro atoms. The van der Waals surface area contributed by atoms with Crippen LogP contribution in [0.2, 0.25) is 0 Å². The largest absolute Gasteiger partial charge is 0.573 e. The lowest BCUT2D eigenvalue weighted by Crippen LogP contribution is -2.21. The number of carbonyl (C=O) groups is 1. The van der Waals surface area contributed by atoms with Gasteiger partial charge in [0.1, 0.15) is 0 Å². The fourth-order valence-corrected chi connectivity index (χ4v) is 1.21. The minimum atomic E-state index is -4.82. The summed E-state index contributed by atoms with van der Waals surface area (Å²) in [6.07, 6.45) is -4.49. The Bertz CT molecular complexity index is 388. The van der Waals surface area contributed by atoms with E-state index in [0.717, 1.165) is 0 Å². The number of halogens is 3. The topological polar surface area (TPSA) is 29.5 Å². The Hall–Kier alpha value is -1.72. The van der Waals surface area contributed by atoms with Gasteiger partial charge >= 0.3 is 6.36 Å². The van der Waals surface area contributed by atoms with Gasteiger partial charge in [-0.2, -0.15) is 0 Å². The number of hydrogen-bond acceptors (Lipinski definition) is 3. The molecule has 0 unspecified atom stereocenters. The summed E-state index contributed by atoms with van der Waals surface area (Å²) in [5.41, 5.74) is 0.0606. The first-order valence-corrected chi connectivity index (χ1v) is 4.36. The van der Waals surface area contributed by atoms with Crippen molar-refractivity contribution in [3.8, 4) is 5.75 Å². The van der Waals surface area contributed by atoms with Crippen LogP contribution in [0, 0.1) is 0 Å². The molecule has 3 nitrogen and oxygen atoms in total. The normalized spacial score (nSPS) is 11.1. The van der Waals surface area contributed by atoms with Gasteiger partial charge in [0, 0.05) is 14.1 Å². The Morgan fingerprint density at radius 2 is 1.94 bits per heavy atom. The fourth-order valence-electron chi connectivity index (χ4n) is 1.21. The molecule has 0 bridgehead atoms. The zero-order valence-electron chi connectivity index (χ0n) is 8.71. The second-order valence-electron chi connectivity index (χ2n) is 3.26. The van der Waals surface area contributed by atoms with Crippen molar-refractivity contribution in [2.45, 2.75) is 6.36 Å². The van der Waals surface area contributed by atoms with Crippen LogP contribution >= 0.6 is 0 Å². The number of ether oxygens (including phenoxy) is 1. The maximum Gasteiger partial charge on any atom is 0.573 e. The van der Waals surface area contributed by atoms with Crippen LogP contribution in [-0.2, 0) is 0 Å². The van der Waals surface area contributed by atoms with E-state index < -0.39 is 12.1 Å². The number of aldehydes is 1. The molecule has 1 aromatic rings. The lowest BCUT2D eigenvalue weighted by Gasteiger charge is -2.19. The molecule has 0 atom stereocenters. The molecule has 0 heterocycles. The van der Waals surface area contributed by atoms with Crippen molar-refractivity contribution in [3.05, 3.63) is 23.8 Å². The highest BCUT2D eigenvalue weighted by atomic mass is 19.4. The number of anilines is 1. The van der Waals surface area contributed by atoms with Crippen molar-refractivity contribution in [1.82, 2.24) is 0 Å². The second-order valence-corrected chi connectivity index (χ2v) is 3.26. The molecular formula is C10H10F3NO2. The first-order chi connectivity index (χ1) is 7.35.